The molecule has 0 aliphatic carbocycles. The highest BCUT2D eigenvalue weighted by Gasteiger charge is 2.16. The zero-order valence-corrected chi connectivity index (χ0v) is 11.5. The normalized spacial score (nSPS) is 21.1. The second-order valence-electron chi connectivity index (χ2n) is 4.92. The Labute approximate surface area is 112 Å². The molecular formula is C13H20N2O2S. The Bertz CT molecular complexity index is 405. The van der Waals surface area contributed by atoms with Crippen molar-refractivity contribution in [3.8, 4) is 0 Å². The van der Waals surface area contributed by atoms with Crippen molar-refractivity contribution in [2.45, 2.75) is 31.8 Å². The van der Waals surface area contributed by atoms with Crippen molar-refractivity contribution in [3.63, 3.8) is 0 Å². The van der Waals surface area contributed by atoms with Crippen molar-refractivity contribution in [1.82, 2.24) is 10.2 Å². The first-order chi connectivity index (χ1) is 8.63. The molecule has 0 saturated carbocycles. The van der Waals surface area contributed by atoms with Crippen LogP contribution < -0.4 is 5.32 Å². The molecule has 1 aliphatic heterocycles. The molecule has 0 spiro atoms. The third-order valence-electron chi connectivity index (χ3n) is 3.23. The molecule has 0 bridgehead atoms. The zero-order chi connectivity index (χ0) is 13.0. The highest BCUT2D eigenvalue weighted by atomic mass is 32.1. The molecule has 2 heterocycles. The van der Waals surface area contributed by atoms with Crippen LogP contribution in [0, 0.1) is 0 Å². The number of likely N-dealkylation sites (N-methyl/N-ethyl adjacent to an activating group) is 1. The first kappa shape index (κ1) is 13.5. The van der Waals surface area contributed by atoms with E-state index in [-0.39, 0.29) is 6.42 Å². The van der Waals surface area contributed by atoms with E-state index in [4.69, 9.17) is 5.11 Å². The van der Waals surface area contributed by atoms with Gasteiger partial charge in [0.1, 0.15) is 0 Å². The summed E-state index contributed by atoms with van der Waals surface area (Å²) in [5.41, 5.74) is 0. The van der Waals surface area contributed by atoms with E-state index in [0.717, 1.165) is 18.0 Å². The molecule has 2 N–H and O–H groups in total. The molecule has 1 fully saturated rings. The number of carboxylic acid groups (broad SMARTS) is 1. The quantitative estimate of drug-likeness (QED) is 0.851. The van der Waals surface area contributed by atoms with Gasteiger partial charge in [-0.05, 0) is 38.6 Å². The number of aliphatic carboxylic acids is 1. The minimum Gasteiger partial charge on any atom is -0.481 e. The Morgan fingerprint density at radius 3 is 3.06 bits per heavy atom. The summed E-state index contributed by atoms with van der Waals surface area (Å²) in [5.74, 6) is -0.759. The Balaban J connectivity index is 1.79. The van der Waals surface area contributed by atoms with E-state index in [2.05, 4.69) is 17.3 Å². The first-order valence-electron chi connectivity index (χ1n) is 6.35. The summed E-state index contributed by atoms with van der Waals surface area (Å²) in [6, 6.07) is 4.51. The predicted octanol–water partition coefficient (Wildman–Crippen LogP) is 1.56. The summed E-state index contributed by atoms with van der Waals surface area (Å²) in [5, 5.41) is 12.3. The van der Waals surface area contributed by atoms with Crippen molar-refractivity contribution < 1.29 is 9.90 Å². The van der Waals surface area contributed by atoms with E-state index in [1.165, 1.54) is 24.3 Å². The minimum absolute atomic E-state index is 0.136. The standard InChI is InChI=1S/C13H20N2O2S/c1-15-6-2-3-10(9-15)14-8-12-5-4-11(18-12)7-13(16)17/h4-5,10,14H,2-3,6-9H2,1H3,(H,16,17). The zero-order valence-electron chi connectivity index (χ0n) is 10.7. The number of nitrogens with one attached hydrogen (secondary N) is 1. The summed E-state index contributed by atoms with van der Waals surface area (Å²) in [6.45, 7) is 3.15. The highest BCUT2D eigenvalue weighted by molar-refractivity contribution is 7.12. The van der Waals surface area contributed by atoms with E-state index < -0.39 is 5.97 Å². The molecule has 1 unspecified atom stereocenters. The van der Waals surface area contributed by atoms with Gasteiger partial charge >= 0.3 is 5.97 Å². The number of carbonyl (C=O) groups is 1. The number of carboxylic acids is 1. The Morgan fingerprint density at radius 2 is 2.33 bits per heavy atom. The lowest BCUT2D eigenvalue weighted by Crippen LogP contribution is -2.43. The third kappa shape index (κ3) is 4.08. The fraction of sp³-hybridized carbons (Fsp3) is 0.615. The molecule has 18 heavy (non-hydrogen) atoms. The van der Waals surface area contributed by atoms with Gasteiger partial charge in [0.05, 0.1) is 6.42 Å². The number of hydrogen-bond donors (Lipinski definition) is 2. The Kier molecular flexibility index (Phi) is 4.74. The van der Waals surface area contributed by atoms with Crippen LogP contribution in [-0.2, 0) is 17.8 Å². The summed E-state index contributed by atoms with van der Waals surface area (Å²) >= 11 is 1.59. The third-order valence-corrected chi connectivity index (χ3v) is 4.32. The van der Waals surface area contributed by atoms with Gasteiger partial charge in [0.25, 0.3) is 0 Å². The van der Waals surface area contributed by atoms with E-state index in [1.54, 1.807) is 11.3 Å². The van der Waals surface area contributed by atoms with Crippen molar-refractivity contribution in [2.24, 2.45) is 0 Å². The molecule has 1 saturated heterocycles. The Hall–Kier alpha value is -0.910. The first-order valence-corrected chi connectivity index (χ1v) is 7.16. The van der Waals surface area contributed by atoms with E-state index in [9.17, 15) is 4.79 Å². The summed E-state index contributed by atoms with van der Waals surface area (Å²) in [6.07, 6.45) is 2.62. The highest BCUT2D eigenvalue weighted by Crippen LogP contribution is 2.17. The summed E-state index contributed by atoms with van der Waals surface area (Å²) < 4.78 is 0. The Morgan fingerprint density at radius 1 is 1.56 bits per heavy atom. The summed E-state index contributed by atoms with van der Waals surface area (Å²) in [7, 11) is 2.16. The van der Waals surface area contributed by atoms with Crippen LogP contribution in [0.3, 0.4) is 0 Å². The average Bonchev–Trinajstić information content (AvgIpc) is 2.73. The van der Waals surface area contributed by atoms with Crippen molar-refractivity contribution in [2.75, 3.05) is 20.1 Å². The number of hydrogen-bond acceptors (Lipinski definition) is 4. The molecule has 1 aromatic heterocycles. The van der Waals surface area contributed by atoms with Gasteiger partial charge in [-0.15, -0.1) is 11.3 Å². The van der Waals surface area contributed by atoms with E-state index >= 15 is 0 Å². The number of thiophene rings is 1. The monoisotopic (exact) mass is 268 g/mol. The fourth-order valence-corrected chi connectivity index (χ4v) is 3.30. The number of likely N-dealkylation sites (tertiary alicyclic amines) is 1. The molecule has 100 valence electrons. The van der Waals surface area contributed by atoms with Crippen LogP contribution in [0.25, 0.3) is 0 Å². The molecule has 4 nitrogen and oxygen atoms in total. The smallest absolute Gasteiger partial charge is 0.308 e. The molecule has 1 atom stereocenters. The van der Waals surface area contributed by atoms with Crippen molar-refractivity contribution in [3.05, 3.63) is 21.9 Å². The topological polar surface area (TPSA) is 52.6 Å². The van der Waals surface area contributed by atoms with Gasteiger partial charge in [-0.3, -0.25) is 4.79 Å². The van der Waals surface area contributed by atoms with Crippen LogP contribution in [-0.4, -0.2) is 42.2 Å². The maximum Gasteiger partial charge on any atom is 0.308 e. The van der Waals surface area contributed by atoms with Gasteiger partial charge in [-0.25, -0.2) is 0 Å². The molecule has 1 aromatic rings. The van der Waals surface area contributed by atoms with Gasteiger partial charge in [0.2, 0.25) is 0 Å². The number of piperidine rings is 1. The fourth-order valence-electron chi connectivity index (χ4n) is 2.34. The summed E-state index contributed by atoms with van der Waals surface area (Å²) in [4.78, 5) is 15.1. The molecule has 0 radical (unpaired) electrons. The largest absolute Gasteiger partial charge is 0.481 e. The predicted molar refractivity (Wildman–Crippen MR) is 73.0 cm³/mol. The lowest BCUT2D eigenvalue weighted by molar-refractivity contribution is -0.136. The minimum atomic E-state index is -0.759. The molecule has 0 aromatic carbocycles. The van der Waals surface area contributed by atoms with E-state index in [1.807, 2.05) is 12.1 Å². The van der Waals surface area contributed by atoms with Crippen molar-refractivity contribution in [1.29, 1.82) is 0 Å². The molecular weight excluding hydrogens is 248 g/mol. The lowest BCUT2D eigenvalue weighted by Gasteiger charge is -2.30. The van der Waals surface area contributed by atoms with Crippen LogP contribution in [0.1, 0.15) is 22.6 Å². The second kappa shape index (κ2) is 6.31. The average molecular weight is 268 g/mol. The molecule has 5 heteroatoms. The van der Waals surface area contributed by atoms with Gasteiger partial charge in [-0.1, -0.05) is 0 Å². The molecule has 1 aliphatic rings. The van der Waals surface area contributed by atoms with Crippen LogP contribution in [0.4, 0.5) is 0 Å². The molecule has 2 rings (SSSR count). The van der Waals surface area contributed by atoms with Crippen LogP contribution in [0.15, 0.2) is 12.1 Å². The second-order valence-corrected chi connectivity index (χ2v) is 6.17. The van der Waals surface area contributed by atoms with Gasteiger partial charge in [0, 0.05) is 28.9 Å². The van der Waals surface area contributed by atoms with Crippen LogP contribution >= 0.6 is 11.3 Å². The SMILES string of the molecule is CN1CCCC(NCc2ccc(CC(=O)O)s2)C1. The van der Waals surface area contributed by atoms with Crippen LogP contribution in [0.5, 0.6) is 0 Å². The van der Waals surface area contributed by atoms with Gasteiger partial charge < -0.3 is 15.3 Å². The maximum absolute atomic E-state index is 10.6. The number of rotatable bonds is 5. The molecule has 0 amide bonds. The van der Waals surface area contributed by atoms with Crippen LogP contribution in [0.2, 0.25) is 0 Å². The van der Waals surface area contributed by atoms with Gasteiger partial charge in [-0.2, -0.15) is 0 Å². The lowest BCUT2D eigenvalue weighted by atomic mass is 10.1. The van der Waals surface area contributed by atoms with E-state index in [0.29, 0.717) is 6.04 Å². The van der Waals surface area contributed by atoms with Crippen molar-refractivity contribution >= 4 is 17.3 Å². The maximum atomic E-state index is 10.6. The van der Waals surface area contributed by atoms with Gasteiger partial charge in [0.15, 0.2) is 0 Å². The number of nitrogens with zero attached hydrogens (tertiary/aromatic N) is 1.